The summed E-state index contributed by atoms with van der Waals surface area (Å²) in [5, 5.41) is 18.5. The van der Waals surface area contributed by atoms with Crippen LogP contribution in [0.2, 0.25) is 0 Å². The molecular weight excluding hydrogens is 292 g/mol. The summed E-state index contributed by atoms with van der Waals surface area (Å²) in [6, 6.07) is 0. The second-order valence-electron chi connectivity index (χ2n) is 6.03. The normalized spacial score (nSPS) is 22.4. The molecule has 1 aliphatic carbocycles. The lowest BCUT2D eigenvalue weighted by atomic mass is 9.92. The number of aliphatic hydroxyl groups is 1. The van der Waals surface area contributed by atoms with Gasteiger partial charge in [-0.15, -0.1) is 0 Å². The van der Waals surface area contributed by atoms with Gasteiger partial charge >= 0.3 is 5.97 Å². The van der Waals surface area contributed by atoms with Crippen LogP contribution in [0.1, 0.15) is 51.9 Å². The van der Waals surface area contributed by atoms with Crippen LogP contribution in [-0.4, -0.2) is 28.1 Å². The van der Waals surface area contributed by atoms with E-state index in [9.17, 15) is 14.7 Å². The lowest BCUT2D eigenvalue weighted by Crippen LogP contribution is -2.13. The highest BCUT2D eigenvalue weighted by atomic mass is 16.4. The minimum Gasteiger partial charge on any atom is -0.481 e. The maximum Gasteiger partial charge on any atom is 0.303 e. The van der Waals surface area contributed by atoms with Crippen LogP contribution >= 0.6 is 0 Å². The second-order valence-corrected chi connectivity index (χ2v) is 6.03. The predicted molar refractivity (Wildman–Crippen MR) is 91.0 cm³/mol. The summed E-state index contributed by atoms with van der Waals surface area (Å²) >= 11 is 0. The number of carboxylic acid groups (broad SMARTS) is 1. The number of unbranched alkanes of at least 4 members (excludes halogenated alkanes) is 3. The number of allylic oxidation sites excluding steroid dienone is 5. The van der Waals surface area contributed by atoms with Crippen molar-refractivity contribution in [3.05, 3.63) is 36.5 Å². The van der Waals surface area contributed by atoms with Crippen LogP contribution in [0, 0.1) is 11.8 Å². The van der Waals surface area contributed by atoms with E-state index in [0.717, 1.165) is 25.7 Å². The average Bonchev–Trinajstić information content (AvgIpc) is 2.85. The van der Waals surface area contributed by atoms with Crippen LogP contribution in [0.25, 0.3) is 0 Å². The molecule has 4 heteroatoms. The summed E-state index contributed by atoms with van der Waals surface area (Å²) in [7, 11) is 0. The van der Waals surface area contributed by atoms with Gasteiger partial charge < -0.3 is 10.2 Å². The van der Waals surface area contributed by atoms with Gasteiger partial charge in [-0.3, -0.25) is 9.59 Å². The van der Waals surface area contributed by atoms with Gasteiger partial charge in [0.05, 0.1) is 6.10 Å². The molecule has 0 aromatic heterocycles. The number of ketones is 1. The van der Waals surface area contributed by atoms with Gasteiger partial charge in [0.1, 0.15) is 0 Å². The number of hydrogen-bond donors (Lipinski definition) is 2. The molecular formula is C19H28O4. The molecule has 23 heavy (non-hydrogen) atoms. The molecule has 0 spiro atoms. The fraction of sp³-hybridized carbons (Fsp3) is 0.579. The standard InChI is InChI=1S/C19H28O4/c1-2-3-5-9-16(20)12-13-17-15(11-14-18(17)21)8-6-4-7-10-19(22)23/h6,8,11-17,20H,2-5,7,9-10H2,1H3,(H,22,23)/b8-6-,13-12+/t15-,16-,17+/m0/s1. The number of carbonyl (C=O) groups excluding carboxylic acids is 1. The molecule has 0 radical (unpaired) electrons. The van der Waals surface area contributed by atoms with Crippen LogP contribution < -0.4 is 0 Å². The van der Waals surface area contributed by atoms with Crippen molar-refractivity contribution in [2.75, 3.05) is 0 Å². The average molecular weight is 320 g/mol. The molecule has 2 N–H and O–H groups in total. The maximum atomic E-state index is 11.9. The van der Waals surface area contributed by atoms with E-state index in [0.29, 0.717) is 12.8 Å². The van der Waals surface area contributed by atoms with E-state index in [1.165, 1.54) is 0 Å². The van der Waals surface area contributed by atoms with E-state index in [1.807, 2.05) is 24.3 Å². The van der Waals surface area contributed by atoms with Gasteiger partial charge in [0.15, 0.2) is 5.78 Å². The third-order valence-electron chi connectivity index (χ3n) is 3.99. The van der Waals surface area contributed by atoms with Crippen LogP contribution in [0.4, 0.5) is 0 Å². The van der Waals surface area contributed by atoms with E-state index in [1.54, 1.807) is 12.2 Å². The largest absolute Gasteiger partial charge is 0.481 e. The quantitative estimate of drug-likeness (QED) is 0.450. The Kier molecular flexibility index (Phi) is 9.22. The Bertz CT molecular complexity index is 462. The van der Waals surface area contributed by atoms with Gasteiger partial charge in [-0.05, 0) is 25.3 Å². The van der Waals surface area contributed by atoms with Crippen molar-refractivity contribution in [1.82, 2.24) is 0 Å². The molecule has 3 atom stereocenters. The van der Waals surface area contributed by atoms with Crippen molar-refractivity contribution in [3.63, 3.8) is 0 Å². The molecule has 0 aromatic carbocycles. The first-order chi connectivity index (χ1) is 11.0. The summed E-state index contributed by atoms with van der Waals surface area (Å²) in [6.45, 7) is 2.12. The van der Waals surface area contributed by atoms with Crippen molar-refractivity contribution >= 4 is 11.8 Å². The highest BCUT2D eigenvalue weighted by Crippen LogP contribution is 2.25. The minimum atomic E-state index is -0.785. The Balaban J connectivity index is 2.44. The highest BCUT2D eigenvalue weighted by Gasteiger charge is 2.25. The topological polar surface area (TPSA) is 74.6 Å². The van der Waals surface area contributed by atoms with Gasteiger partial charge in [-0.25, -0.2) is 0 Å². The molecule has 0 unspecified atom stereocenters. The summed E-state index contributed by atoms with van der Waals surface area (Å²) in [5.41, 5.74) is 0. The van der Waals surface area contributed by atoms with Gasteiger partial charge in [0, 0.05) is 18.3 Å². The number of rotatable bonds is 11. The third-order valence-corrected chi connectivity index (χ3v) is 3.99. The zero-order valence-corrected chi connectivity index (χ0v) is 13.9. The van der Waals surface area contributed by atoms with Crippen LogP contribution in [0.3, 0.4) is 0 Å². The van der Waals surface area contributed by atoms with E-state index >= 15 is 0 Å². The monoisotopic (exact) mass is 320 g/mol. The van der Waals surface area contributed by atoms with Gasteiger partial charge in [0.25, 0.3) is 0 Å². The van der Waals surface area contributed by atoms with E-state index in [4.69, 9.17) is 5.11 Å². The van der Waals surface area contributed by atoms with E-state index < -0.39 is 12.1 Å². The summed E-state index contributed by atoms with van der Waals surface area (Å²) < 4.78 is 0. The summed E-state index contributed by atoms with van der Waals surface area (Å²) in [6.07, 6.45) is 15.8. The number of aliphatic carboxylic acids is 1. The van der Waals surface area contributed by atoms with Gasteiger partial charge in [-0.2, -0.15) is 0 Å². The first-order valence-corrected chi connectivity index (χ1v) is 8.51. The first-order valence-electron chi connectivity index (χ1n) is 8.51. The Labute approximate surface area is 138 Å². The van der Waals surface area contributed by atoms with Crippen LogP contribution in [0.5, 0.6) is 0 Å². The van der Waals surface area contributed by atoms with Gasteiger partial charge in [-0.1, -0.05) is 56.6 Å². The molecule has 0 aromatic rings. The smallest absolute Gasteiger partial charge is 0.303 e. The first kappa shape index (κ1) is 19.4. The molecule has 0 aliphatic heterocycles. The number of carbonyl (C=O) groups is 2. The van der Waals surface area contributed by atoms with Crippen LogP contribution in [-0.2, 0) is 9.59 Å². The molecule has 1 aliphatic rings. The summed E-state index contributed by atoms with van der Waals surface area (Å²) in [4.78, 5) is 22.3. The van der Waals surface area contributed by atoms with Crippen molar-refractivity contribution in [3.8, 4) is 0 Å². The van der Waals surface area contributed by atoms with E-state index in [2.05, 4.69) is 6.92 Å². The van der Waals surface area contributed by atoms with Crippen molar-refractivity contribution in [2.24, 2.45) is 11.8 Å². The summed E-state index contributed by atoms with van der Waals surface area (Å²) in [5.74, 6) is -0.965. The highest BCUT2D eigenvalue weighted by molar-refractivity contribution is 5.96. The number of aliphatic hydroxyl groups excluding tert-OH is 1. The lowest BCUT2D eigenvalue weighted by Gasteiger charge is -2.11. The van der Waals surface area contributed by atoms with Crippen molar-refractivity contribution < 1.29 is 19.8 Å². The Morgan fingerprint density at radius 3 is 2.78 bits per heavy atom. The molecule has 0 fully saturated rings. The zero-order valence-electron chi connectivity index (χ0n) is 13.9. The predicted octanol–water partition coefficient (Wildman–Crippen LogP) is 3.67. The van der Waals surface area contributed by atoms with Crippen LogP contribution in [0.15, 0.2) is 36.5 Å². The Morgan fingerprint density at radius 2 is 2.09 bits per heavy atom. The lowest BCUT2D eigenvalue weighted by molar-refractivity contribution is -0.137. The molecule has 0 saturated heterocycles. The SMILES string of the molecule is CCCCC[C@H](O)/C=C/[C@H]1C(=O)C=C[C@@H]1/C=C\CCCC(=O)O. The minimum absolute atomic E-state index is 0.00594. The van der Waals surface area contributed by atoms with E-state index in [-0.39, 0.29) is 24.0 Å². The number of hydrogen-bond acceptors (Lipinski definition) is 3. The fourth-order valence-corrected chi connectivity index (χ4v) is 2.61. The van der Waals surface area contributed by atoms with Crippen molar-refractivity contribution in [1.29, 1.82) is 0 Å². The molecule has 0 amide bonds. The van der Waals surface area contributed by atoms with Crippen molar-refractivity contribution in [2.45, 2.75) is 58.0 Å². The molecule has 0 saturated carbocycles. The second kappa shape index (κ2) is 10.9. The molecule has 4 nitrogen and oxygen atoms in total. The molecule has 0 bridgehead atoms. The Morgan fingerprint density at radius 1 is 1.30 bits per heavy atom. The molecule has 1 rings (SSSR count). The number of carboxylic acids is 1. The maximum absolute atomic E-state index is 11.9. The third kappa shape index (κ3) is 7.93. The molecule has 128 valence electrons. The fourth-order valence-electron chi connectivity index (χ4n) is 2.61. The van der Waals surface area contributed by atoms with Gasteiger partial charge in [0.2, 0.25) is 0 Å². The Hall–Kier alpha value is -1.68. The zero-order chi connectivity index (χ0) is 17.1. The molecule has 0 heterocycles.